The highest BCUT2D eigenvalue weighted by molar-refractivity contribution is 5.96. The topological polar surface area (TPSA) is 68.0 Å². The van der Waals surface area contributed by atoms with Crippen LogP contribution in [0.2, 0.25) is 0 Å². The van der Waals surface area contributed by atoms with Gasteiger partial charge in [-0.15, -0.1) is 0 Å². The summed E-state index contributed by atoms with van der Waals surface area (Å²) in [6.07, 6.45) is 3.86. The fourth-order valence-corrected chi connectivity index (χ4v) is 2.61. The zero-order chi connectivity index (χ0) is 16.4. The molecule has 2 heterocycles. The van der Waals surface area contributed by atoms with Crippen molar-refractivity contribution in [3.63, 3.8) is 0 Å². The molecule has 0 aliphatic carbocycles. The third-order valence-electron chi connectivity index (χ3n) is 3.74. The molecular formula is C18H17N3O2. The normalized spacial score (nSPS) is 10.7. The van der Waals surface area contributed by atoms with E-state index in [1.165, 1.54) is 0 Å². The number of carbonyl (C=O) groups is 1. The van der Waals surface area contributed by atoms with Gasteiger partial charge in [0, 0.05) is 18.0 Å². The fraction of sp³-hybridized carbons (Fsp3) is 0.167. The van der Waals surface area contributed by atoms with Crippen LogP contribution < -0.4 is 0 Å². The Kier molecular flexibility index (Phi) is 3.93. The number of pyridine rings is 1. The van der Waals surface area contributed by atoms with Gasteiger partial charge in [0.05, 0.1) is 11.4 Å². The lowest BCUT2D eigenvalue weighted by Gasteiger charge is -2.06. The van der Waals surface area contributed by atoms with Crippen molar-refractivity contribution in [2.24, 2.45) is 0 Å². The number of aromatic nitrogens is 3. The van der Waals surface area contributed by atoms with Crippen molar-refractivity contribution in [1.82, 2.24) is 14.8 Å². The lowest BCUT2D eigenvalue weighted by molar-refractivity contribution is 0.0696. The molecule has 23 heavy (non-hydrogen) atoms. The molecule has 0 aliphatic heterocycles. The zero-order valence-electron chi connectivity index (χ0n) is 13.0. The van der Waals surface area contributed by atoms with Gasteiger partial charge in [0.1, 0.15) is 11.3 Å². The van der Waals surface area contributed by atoms with Crippen molar-refractivity contribution in [2.75, 3.05) is 0 Å². The van der Waals surface area contributed by atoms with Crippen molar-refractivity contribution in [1.29, 1.82) is 0 Å². The van der Waals surface area contributed by atoms with Crippen LogP contribution in [-0.2, 0) is 6.42 Å². The summed E-state index contributed by atoms with van der Waals surface area (Å²) in [6.45, 7) is 3.94. The molecule has 0 aliphatic rings. The highest BCUT2D eigenvalue weighted by Gasteiger charge is 2.24. The molecule has 3 aromatic rings. The minimum absolute atomic E-state index is 0.237. The Balaban J connectivity index is 2.25. The fourth-order valence-electron chi connectivity index (χ4n) is 2.61. The van der Waals surface area contributed by atoms with Crippen LogP contribution in [0.25, 0.3) is 16.9 Å². The standard InChI is InChI=1S/C18H17N3O2/c1-3-15-16(18(22)23)17(13-5-4-10-19-11-13)20-21(15)14-8-6-12(2)7-9-14/h4-11H,3H2,1-2H3,(H,22,23). The van der Waals surface area contributed by atoms with E-state index in [0.29, 0.717) is 23.4 Å². The molecule has 0 fully saturated rings. The minimum atomic E-state index is -0.973. The molecule has 0 amide bonds. The average Bonchev–Trinajstić information content (AvgIpc) is 2.96. The smallest absolute Gasteiger partial charge is 0.339 e. The first-order valence-corrected chi connectivity index (χ1v) is 7.44. The number of benzene rings is 1. The molecule has 0 saturated heterocycles. The van der Waals surface area contributed by atoms with Gasteiger partial charge in [-0.05, 0) is 37.6 Å². The van der Waals surface area contributed by atoms with Crippen LogP contribution in [0.5, 0.6) is 0 Å². The van der Waals surface area contributed by atoms with Crippen molar-refractivity contribution in [3.05, 3.63) is 65.6 Å². The number of carboxylic acid groups (broad SMARTS) is 1. The molecule has 5 heteroatoms. The molecule has 1 aromatic carbocycles. The molecule has 0 bridgehead atoms. The van der Waals surface area contributed by atoms with Gasteiger partial charge in [-0.1, -0.05) is 24.6 Å². The largest absolute Gasteiger partial charge is 0.478 e. The summed E-state index contributed by atoms with van der Waals surface area (Å²) < 4.78 is 1.71. The highest BCUT2D eigenvalue weighted by Crippen LogP contribution is 2.27. The first kappa shape index (κ1) is 15.0. The van der Waals surface area contributed by atoms with Crippen molar-refractivity contribution in [2.45, 2.75) is 20.3 Å². The lowest BCUT2D eigenvalue weighted by atomic mass is 10.1. The molecule has 0 saturated carbocycles. The Morgan fingerprint density at radius 1 is 1.22 bits per heavy atom. The van der Waals surface area contributed by atoms with E-state index in [2.05, 4.69) is 10.1 Å². The van der Waals surface area contributed by atoms with E-state index < -0.39 is 5.97 Å². The van der Waals surface area contributed by atoms with E-state index >= 15 is 0 Å². The SMILES string of the molecule is CCc1c(C(=O)O)c(-c2cccnc2)nn1-c1ccc(C)cc1. The molecule has 116 valence electrons. The Morgan fingerprint density at radius 2 is 1.96 bits per heavy atom. The van der Waals surface area contributed by atoms with Gasteiger partial charge in [-0.3, -0.25) is 4.98 Å². The van der Waals surface area contributed by atoms with Gasteiger partial charge < -0.3 is 5.11 Å². The number of aryl methyl sites for hydroxylation is 1. The third-order valence-corrected chi connectivity index (χ3v) is 3.74. The van der Waals surface area contributed by atoms with E-state index in [4.69, 9.17) is 0 Å². The molecule has 0 radical (unpaired) electrons. The predicted octanol–water partition coefficient (Wildman–Crippen LogP) is 3.50. The lowest BCUT2D eigenvalue weighted by Crippen LogP contribution is -2.05. The van der Waals surface area contributed by atoms with Crippen molar-refractivity contribution in [3.8, 4) is 16.9 Å². The maximum absolute atomic E-state index is 11.8. The van der Waals surface area contributed by atoms with Gasteiger partial charge in [0.15, 0.2) is 0 Å². The monoisotopic (exact) mass is 307 g/mol. The summed E-state index contributed by atoms with van der Waals surface area (Å²) in [6, 6.07) is 11.5. The summed E-state index contributed by atoms with van der Waals surface area (Å²) in [5, 5.41) is 14.2. The van der Waals surface area contributed by atoms with Crippen LogP contribution in [0, 0.1) is 6.92 Å². The zero-order valence-corrected chi connectivity index (χ0v) is 13.0. The van der Waals surface area contributed by atoms with E-state index in [1.807, 2.05) is 44.2 Å². The number of rotatable bonds is 4. The molecule has 0 atom stereocenters. The van der Waals surface area contributed by atoms with Gasteiger partial charge in [0.2, 0.25) is 0 Å². The second kappa shape index (κ2) is 6.04. The molecule has 2 aromatic heterocycles. The van der Waals surface area contributed by atoms with Crippen molar-refractivity contribution < 1.29 is 9.90 Å². The van der Waals surface area contributed by atoms with Crippen LogP contribution in [-0.4, -0.2) is 25.8 Å². The van der Waals surface area contributed by atoms with E-state index in [1.54, 1.807) is 23.1 Å². The van der Waals surface area contributed by atoms with Crippen LogP contribution in [0.3, 0.4) is 0 Å². The summed E-state index contributed by atoms with van der Waals surface area (Å²) in [5.74, 6) is -0.973. The van der Waals surface area contributed by atoms with E-state index in [-0.39, 0.29) is 5.56 Å². The predicted molar refractivity (Wildman–Crippen MR) is 87.9 cm³/mol. The molecule has 1 N–H and O–H groups in total. The maximum Gasteiger partial charge on any atom is 0.339 e. The quantitative estimate of drug-likeness (QED) is 0.801. The van der Waals surface area contributed by atoms with E-state index in [0.717, 1.165) is 11.3 Å². The molecule has 0 unspecified atom stereocenters. The highest BCUT2D eigenvalue weighted by atomic mass is 16.4. The van der Waals surface area contributed by atoms with Gasteiger partial charge >= 0.3 is 5.97 Å². The number of nitrogens with zero attached hydrogens (tertiary/aromatic N) is 3. The molecule has 0 spiro atoms. The first-order valence-electron chi connectivity index (χ1n) is 7.44. The van der Waals surface area contributed by atoms with Crippen LogP contribution >= 0.6 is 0 Å². The maximum atomic E-state index is 11.8. The van der Waals surface area contributed by atoms with Gasteiger partial charge in [0.25, 0.3) is 0 Å². The van der Waals surface area contributed by atoms with Crippen LogP contribution in [0.15, 0.2) is 48.8 Å². The first-order chi connectivity index (χ1) is 11.1. The molecule has 5 nitrogen and oxygen atoms in total. The molecular weight excluding hydrogens is 290 g/mol. The van der Waals surface area contributed by atoms with Gasteiger partial charge in [-0.25, -0.2) is 9.48 Å². The number of carboxylic acids is 1. The number of hydrogen-bond acceptors (Lipinski definition) is 3. The second-order valence-corrected chi connectivity index (χ2v) is 5.32. The number of hydrogen-bond donors (Lipinski definition) is 1. The summed E-state index contributed by atoms with van der Waals surface area (Å²) in [4.78, 5) is 15.9. The Labute approximate surface area is 134 Å². The second-order valence-electron chi connectivity index (χ2n) is 5.32. The Hall–Kier alpha value is -2.95. The number of aromatic carboxylic acids is 1. The Bertz CT molecular complexity index is 837. The van der Waals surface area contributed by atoms with E-state index in [9.17, 15) is 9.90 Å². The third kappa shape index (κ3) is 2.73. The van der Waals surface area contributed by atoms with Gasteiger partial charge in [-0.2, -0.15) is 5.10 Å². The summed E-state index contributed by atoms with van der Waals surface area (Å²) >= 11 is 0. The Morgan fingerprint density at radius 3 is 2.52 bits per heavy atom. The summed E-state index contributed by atoms with van der Waals surface area (Å²) in [5.41, 5.74) is 4.06. The average molecular weight is 307 g/mol. The van der Waals surface area contributed by atoms with Crippen molar-refractivity contribution >= 4 is 5.97 Å². The summed E-state index contributed by atoms with van der Waals surface area (Å²) in [7, 11) is 0. The van der Waals surface area contributed by atoms with Crippen LogP contribution in [0.4, 0.5) is 0 Å². The minimum Gasteiger partial charge on any atom is -0.478 e. The molecule has 3 rings (SSSR count). The van der Waals surface area contributed by atoms with Crippen LogP contribution in [0.1, 0.15) is 28.5 Å².